The predicted molar refractivity (Wildman–Crippen MR) is 80.3 cm³/mol. The molecular formula is C18H15NO2. The molecule has 2 aromatic carbocycles. The lowest BCUT2D eigenvalue weighted by Crippen LogP contribution is -2.34. The second-order valence-corrected chi connectivity index (χ2v) is 5.07. The molecule has 0 N–H and O–H groups in total. The van der Waals surface area contributed by atoms with E-state index in [1.807, 2.05) is 60.7 Å². The molecule has 1 saturated heterocycles. The Bertz CT molecular complexity index is 652. The van der Waals surface area contributed by atoms with E-state index in [0.29, 0.717) is 5.57 Å². The fourth-order valence-corrected chi connectivity index (χ4v) is 2.65. The molecule has 1 aliphatic heterocycles. The number of hydrogen-bond acceptors (Lipinski definition) is 2. The fraction of sp³-hybridized carbons (Fsp3) is 0.111. The molecule has 3 rings (SSSR count). The zero-order chi connectivity index (χ0) is 14.8. The average molecular weight is 277 g/mol. The Morgan fingerprint density at radius 1 is 0.857 bits per heavy atom. The van der Waals surface area contributed by atoms with Crippen LogP contribution in [0.1, 0.15) is 23.6 Å². The molecule has 0 saturated carbocycles. The molecule has 0 aliphatic carbocycles. The van der Waals surface area contributed by atoms with Gasteiger partial charge in [-0.25, -0.2) is 0 Å². The molecule has 2 amide bonds. The summed E-state index contributed by atoms with van der Waals surface area (Å²) in [4.78, 5) is 25.9. The van der Waals surface area contributed by atoms with Crippen LogP contribution in [0.2, 0.25) is 0 Å². The van der Waals surface area contributed by atoms with Crippen molar-refractivity contribution in [2.75, 3.05) is 0 Å². The van der Waals surface area contributed by atoms with Crippen molar-refractivity contribution in [3.8, 4) is 0 Å². The van der Waals surface area contributed by atoms with Gasteiger partial charge in [-0.3, -0.25) is 14.5 Å². The molecule has 1 aliphatic rings. The number of amides is 2. The van der Waals surface area contributed by atoms with Gasteiger partial charge in [-0.15, -0.1) is 0 Å². The summed E-state index contributed by atoms with van der Waals surface area (Å²) in [5, 5.41) is 0. The van der Waals surface area contributed by atoms with Crippen molar-refractivity contribution in [3.63, 3.8) is 0 Å². The first-order valence-electron chi connectivity index (χ1n) is 6.82. The van der Waals surface area contributed by atoms with Crippen molar-refractivity contribution in [2.24, 2.45) is 0 Å². The highest BCUT2D eigenvalue weighted by Gasteiger charge is 2.38. The summed E-state index contributed by atoms with van der Waals surface area (Å²) in [6, 6.07) is 18.8. The summed E-state index contributed by atoms with van der Waals surface area (Å²) in [6.07, 6.45) is 0.106. The number of rotatable bonds is 3. The lowest BCUT2D eigenvalue weighted by Gasteiger charge is -2.27. The standard InChI is InChI=1S/C18H15NO2/c1-13-12-16(20)19(18(13)21)17(14-8-4-2-5-9-14)15-10-6-3-7-11-15/h2-11,17H,1,12H2. The van der Waals surface area contributed by atoms with Gasteiger partial charge in [0.25, 0.3) is 5.91 Å². The minimum atomic E-state index is -0.397. The molecule has 0 radical (unpaired) electrons. The van der Waals surface area contributed by atoms with Crippen LogP contribution in [0.4, 0.5) is 0 Å². The van der Waals surface area contributed by atoms with E-state index >= 15 is 0 Å². The van der Waals surface area contributed by atoms with Gasteiger partial charge in [-0.05, 0) is 11.1 Å². The van der Waals surface area contributed by atoms with Crippen LogP contribution in [0.5, 0.6) is 0 Å². The van der Waals surface area contributed by atoms with Gasteiger partial charge in [0.2, 0.25) is 5.91 Å². The smallest absolute Gasteiger partial charge is 0.257 e. The highest BCUT2D eigenvalue weighted by Crippen LogP contribution is 2.33. The number of likely N-dealkylation sites (tertiary alicyclic amines) is 1. The Kier molecular flexibility index (Phi) is 3.40. The molecule has 2 aromatic rings. The number of carbonyl (C=O) groups excluding carboxylic acids is 2. The second kappa shape index (κ2) is 5.37. The van der Waals surface area contributed by atoms with E-state index in [4.69, 9.17) is 0 Å². The maximum atomic E-state index is 12.3. The molecule has 0 aromatic heterocycles. The van der Waals surface area contributed by atoms with Gasteiger partial charge in [0.1, 0.15) is 0 Å². The first-order chi connectivity index (χ1) is 10.2. The van der Waals surface area contributed by atoms with Crippen molar-refractivity contribution in [2.45, 2.75) is 12.5 Å². The zero-order valence-electron chi connectivity index (χ0n) is 11.5. The summed E-state index contributed by atoms with van der Waals surface area (Å²) in [5.74, 6) is -0.472. The largest absolute Gasteiger partial charge is 0.274 e. The van der Waals surface area contributed by atoms with Gasteiger partial charge < -0.3 is 0 Å². The molecule has 1 heterocycles. The molecule has 0 atom stereocenters. The van der Waals surface area contributed by atoms with Gasteiger partial charge >= 0.3 is 0 Å². The van der Waals surface area contributed by atoms with E-state index in [2.05, 4.69) is 6.58 Å². The Morgan fingerprint density at radius 3 is 1.71 bits per heavy atom. The molecular weight excluding hydrogens is 262 g/mol. The Balaban J connectivity index is 2.12. The quantitative estimate of drug-likeness (QED) is 0.638. The van der Waals surface area contributed by atoms with Crippen LogP contribution in [-0.4, -0.2) is 16.7 Å². The maximum absolute atomic E-state index is 12.3. The van der Waals surface area contributed by atoms with Crippen molar-refractivity contribution < 1.29 is 9.59 Å². The normalized spacial score (nSPS) is 15.1. The van der Waals surface area contributed by atoms with E-state index in [1.165, 1.54) is 4.90 Å². The molecule has 3 heteroatoms. The van der Waals surface area contributed by atoms with Crippen LogP contribution in [0, 0.1) is 0 Å². The van der Waals surface area contributed by atoms with Crippen molar-refractivity contribution in [1.29, 1.82) is 0 Å². The number of nitrogens with zero attached hydrogens (tertiary/aromatic N) is 1. The number of hydrogen-bond donors (Lipinski definition) is 0. The molecule has 0 bridgehead atoms. The van der Waals surface area contributed by atoms with Crippen LogP contribution in [-0.2, 0) is 9.59 Å². The van der Waals surface area contributed by atoms with Crippen LogP contribution in [0.15, 0.2) is 72.8 Å². The number of carbonyl (C=O) groups is 2. The van der Waals surface area contributed by atoms with E-state index in [-0.39, 0.29) is 18.2 Å². The molecule has 104 valence electrons. The highest BCUT2D eigenvalue weighted by molar-refractivity contribution is 6.13. The third-order valence-electron chi connectivity index (χ3n) is 3.64. The van der Waals surface area contributed by atoms with E-state index < -0.39 is 6.04 Å². The Hall–Kier alpha value is -2.68. The third-order valence-corrected chi connectivity index (χ3v) is 3.64. The molecule has 1 fully saturated rings. The predicted octanol–water partition coefficient (Wildman–Crippen LogP) is 3.09. The van der Waals surface area contributed by atoms with Gasteiger partial charge in [-0.1, -0.05) is 67.2 Å². The van der Waals surface area contributed by atoms with E-state index in [9.17, 15) is 9.59 Å². The summed E-state index contributed by atoms with van der Waals surface area (Å²) in [5.41, 5.74) is 2.19. The summed E-state index contributed by atoms with van der Waals surface area (Å²) in [6.45, 7) is 3.69. The molecule has 0 spiro atoms. The lowest BCUT2D eigenvalue weighted by atomic mass is 9.97. The van der Waals surface area contributed by atoms with Crippen LogP contribution in [0.3, 0.4) is 0 Å². The van der Waals surface area contributed by atoms with Crippen molar-refractivity contribution >= 4 is 11.8 Å². The SMILES string of the molecule is C=C1CC(=O)N(C(c2ccccc2)c2ccccc2)C1=O. The summed E-state index contributed by atoms with van der Waals surface area (Å²) < 4.78 is 0. The lowest BCUT2D eigenvalue weighted by molar-refractivity contribution is -0.139. The first-order valence-corrected chi connectivity index (χ1v) is 6.82. The van der Waals surface area contributed by atoms with Crippen LogP contribution >= 0.6 is 0 Å². The van der Waals surface area contributed by atoms with Crippen LogP contribution < -0.4 is 0 Å². The third kappa shape index (κ3) is 2.38. The van der Waals surface area contributed by atoms with Gasteiger partial charge in [0.05, 0.1) is 12.5 Å². The zero-order valence-corrected chi connectivity index (χ0v) is 11.5. The summed E-state index contributed by atoms with van der Waals surface area (Å²) >= 11 is 0. The number of imide groups is 1. The second-order valence-electron chi connectivity index (χ2n) is 5.07. The Morgan fingerprint density at radius 2 is 1.33 bits per heavy atom. The Labute approximate surface area is 123 Å². The van der Waals surface area contributed by atoms with Gasteiger partial charge in [-0.2, -0.15) is 0 Å². The van der Waals surface area contributed by atoms with Gasteiger partial charge in [0, 0.05) is 5.57 Å². The monoisotopic (exact) mass is 277 g/mol. The molecule has 21 heavy (non-hydrogen) atoms. The van der Waals surface area contributed by atoms with Crippen molar-refractivity contribution in [1.82, 2.24) is 4.90 Å². The molecule has 0 unspecified atom stereocenters. The van der Waals surface area contributed by atoms with Crippen molar-refractivity contribution in [3.05, 3.63) is 83.9 Å². The van der Waals surface area contributed by atoms with E-state index in [1.54, 1.807) is 0 Å². The van der Waals surface area contributed by atoms with Crippen LogP contribution in [0.25, 0.3) is 0 Å². The first kappa shape index (κ1) is 13.3. The van der Waals surface area contributed by atoms with Gasteiger partial charge in [0.15, 0.2) is 0 Å². The summed E-state index contributed by atoms with van der Waals surface area (Å²) in [7, 11) is 0. The molecule has 3 nitrogen and oxygen atoms in total. The fourth-order valence-electron chi connectivity index (χ4n) is 2.65. The van der Waals surface area contributed by atoms with E-state index in [0.717, 1.165) is 11.1 Å². The minimum absolute atomic E-state index is 0.106. The highest BCUT2D eigenvalue weighted by atomic mass is 16.2. The number of benzene rings is 2. The maximum Gasteiger partial charge on any atom is 0.257 e. The minimum Gasteiger partial charge on any atom is -0.274 e. The topological polar surface area (TPSA) is 37.4 Å². The average Bonchev–Trinajstić information content (AvgIpc) is 2.76.